The molecule has 0 aliphatic rings. The third-order valence-corrected chi connectivity index (χ3v) is 4.41. The third-order valence-electron chi connectivity index (χ3n) is 2.63. The van der Waals surface area contributed by atoms with E-state index < -0.39 is 0 Å². The second-order valence-corrected chi connectivity index (χ2v) is 5.85. The zero-order valence-corrected chi connectivity index (χ0v) is 12.3. The molecular weight excluding hydrogens is 304 g/mol. The molecule has 0 aromatic heterocycles. The number of halogens is 3. The molecule has 0 amide bonds. The van der Waals surface area contributed by atoms with Gasteiger partial charge in [0.05, 0.1) is 5.02 Å². The van der Waals surface area contributed by atoms with Gasteiger partial charge in [-0.25, -0.2) is 4.39 Å². The van der Waals surface area contributed by atoms with Gasteiger partial charge in [-0.15, -0.1) is 11.8 Å². The van der Waals surface area contributed by atoms with E-state index >= 15 is 0 Å². The van der Waals surface area contributed by atoms with Gasteiger partial charge >= 0.3 is 0 Å². The van der Waals surface area contributed by atoms with E-state index in [2.05, 4.69) is 0 Å². The maximum absolute atomic E-state index is 13.8. The van der Waals surface area contributed by atoms with Crippen molar-refractivity contribution in [3.05, 3.63) is 63.4 Å². The number of nitrogens with two attached hydrogens (primary N) is 1. The average molecular weight is 316 g/mol. The highest BCUT2D eigenvalue weighted by molar-refractivity contribution is 7.98. The molecule has 0 fully saturated rings. The Morgan fingerprint density at radius 2 is 1.89 bits per heavy atom. The van der Waals surface area contributed by atoms with Gasteiger partial charge in [-0.2, -0.15) is 0 Å². The van der Waals surface area contributed by atoms with Crippen molar-refractivity contribution in [2.24, 2.45) is 5.73 Å². The molecule has 0 saturated carbocycles. The van der Waals surface area contributed by atoms with Crippen molar-refractivity contribution in [3.63, 3.8) is 0 Å². The monoisotopic (exact) mass is 315 g/mol. The fourth-order valence-corrected chi connectivity index (χ4v) is 3.06. The molecule has 0 spiro atoms. The summed E-state index contributed by atoms with van der Waals surface area (Å²) >= 11 is 13.4. The normalized spacial score (nSPS) is 10.7. The van der Waals surface area contributed by atoms with E-state index in [-0.39, 0.29) is 5.82 Å². The summed E-state index contributed by atoms with van der Waals surface area (Å²) in [6.45, 7) is 0.338. The first-order chi connectivity index (χ1) is 9.10. The van der Waals surface area contributed by atoms with E-state index in [4.69, 9.17) is 28.9 Å². The van der Waals surface area contributed by atoms with Crippen molar-refractivity contribution >= 4 is 35.0 Å². The molecule has 0 bridgehead atoms. The van der Waals surface area contributed by atoms with Crippen LogP contribution in [0.5, 0.6) is 0 Å². The molecule has 0 unspecified atom stereocenters. The van der Waals surface area contributed by atoms with Crippen molar-refractivity contribution < 1.29 is 4.39 Å². The number of hydrogen-bond donors (Lipinski definition) is 1. The minimum Gasteiger partial charge on any atom is -0.326 e. The summed E-state index contributed by atoms with van der Waals surface area (Å²) in [5.41, 5.74) is 6.87. The van der Waals surface area contributed by atoms with Gasteiger partial charge in [0.15, 0.2) is 0 Å². The Kier molecular flexibility index (Phi) is 5.11. The number of hydrogen-bond acceptors (Lipinski definition) is 2. The molecule has 0 atom stereocenters. The zero-order valence-electron chi connectivity index (χ0n) is 10.00. The minimum atomic E-state index is -0.242. The summed E-state index contributed by atoms with van der Waals surface area (Å²) in [6.07, 6.45) is 0. The molecule has 5 heteroatoms. The van der Waals surface area contributed by atoms with E-state index in [1.165, 1.54) is 17.8 Å². The van der Waals surface area contributed by atoms with Crippen LogP contribution < -0.4 is 5.73 Å². The first-order valence-corrected chi connectivity index (χ1v) is 7.39. The number of rotatable bonds is 4. The van der Waals surface area contributed by atoms with Gasteiger partial charge in [-0.3, -0.25) is 0 Å². The van der Waals surface area contributed by atoms with Crippen LogP contribution in [0.1, 0.15) is 11.1 Å². The van der Waals surface area contributed by atoms with Crippen molar-refractivity contribution in [2.75, 3.05) is 0 Å². The minimum absolute atomic E-state index is 0.242. The second kappa shape index (κ2) is 6.62. The van der Waals surface area contributed by atoms with Gasteiger partial charge in [0.1, 0.15) is 5.82 Å². The smallest absolute Gasteiger partial charge is 0.127 e. The van der Waals surface area contributed by atoms with Crippen molar-refractivity contribution in [3.8, 4) is 0 Å². The fourth-order valence-electron chi connectivity index (χ4n) is 1.58. The molecule has 2 N–H and O–H groups in total. The van der Waals surface area contributed by atoms with Crippen LogP contribution in [0.4, 0.5) is 4.39 Å². The molecule has 0 aliphatic carbocycles. The largest absolute Gasteiger partial charge is 0.326 e. The highest BCUT2D eigenvalue weighted by atomic mass is 35.5. The molecule has 2 aromatic carbocycles. The lowest BCUT2D eigenvalue weighted by atomic mass is 10.1. The Morgan fingerprint density at radius 1 is 1.11 bits per heavy atom. The molecular formula is C14H12Cl2FNS. The van der Waals surface area contributed by atoms with Crippen LogP contribution in [0.2, 0.25) is 10.0 Å². The van der Waals surface area contributed by atoms with Crippen molar-refractivity contribution in [2.45, 2.75) is 17.2 Å². The second-order valence-electron chi connectivity index (χ2n) is 3.99. The SMILES string of the molecule is NCc1ccc(CSc2cc(Cl)ccc2Cl)c(F)c1. The molecule has 1 nitrogen and oxygen atoms in total. The lowest BCUT2D eigenvalue weighted by Gasteiger charge is -2.07. The average Bonchev–Trinajstić information content (AvgIpc) is 2.40. The highest BCUT2D eigenvalue weighted by Crippen LogP contribution is 2.32. The number of benzene rings is 2. The summed E-state index contributed by atoms with van der Waals surface area (Å²) in [4.78, 5) is 0.844. The molecule has 2 aromatic rings. The van der Waals surface area contributed by atoms with Crippen LogP contribution in [0.25, 0.3) is 0 Å². The van der Waals surface area contributed by atoms with E-state index in [0.29, 0.717) is 27.9 Å². The maximum atomic E-state index is 13.8. The van der Waals surface area contributed by atoms with Crippen molar-refractivity contribution in [1.82, 2.24) is 0 Å². The first kappa shape index (κ1) is 14.7. The lowest BCUT2D eigenvalue weighted by Crippen LogP contribution is -1.98. The van der Waals surface area contributed by atoms with Crippen LogP contribution in [-0.2, 0) is 12.3 Å². The molecule has 0 aliphatic heterocycles. The maximum Gasteiger partial charge on any atom is 0.127 e. The Balaban J connectivity index is 2.12. The predicted molar refractivity (Wildman–Crippen MR) is 80.3 cm³/mol. The summed E-state index contributed by atoms with van der Waals surface area (Å²) in [7, 11) is 0. The van der Waals surface area contributed by atoms with Gasteiger partial charge in [-0.1, -0.05) is 35.3 Å². The standard InChI is InChI=1S/C14H12Cl2FNS/c15-11-3-4-12(16)14(6-11)19-8-10-2-1-9(7-18)5-13(10)17/h1-6H,7-8,18H2. The van der Waals surface area contributed by atoms with Gasteiger partial charge in [0, 0.05) is 22.2 Å². The Labute approximate surface area is 125 Å². The van der Waals surface area contributed by atoms with Crippen molar-refractivity contribution in [1.29, 1.82) is 0 Å². The zero-order chi connectivity index (χ0) is 13.8. The molecule has 19 heavy (non-hydrogen) atoms. The fraction of sp³-hybridized carbons (Fsp3) is 0.143. The Hall–Kier alpha value is -0.740. The quantitative estimate of drug-likeness (QED) is 0.813. The van der Waals surface area contributed by atoms with E-state index in [0.717, 1.165) is 10.5 Å². The topological polar surface area (TPSA) is 26.0 Å². The molecule has 0 saturated heterocycles. The lowest BCUT2D eigenvalue weighted by molar-refractivity contribution is 0.615. The third kappa shape index (κ3) is 3.86. The van der Waals surface area contributed by atoms with E-state index in [9.17, 15) is 4.39 Å². The van der Waals surface area contributed by atoms with Gasteiger partial charge in [0.25, 0.3) is 0 Å². The summed E-state index contributed by atoms with van der Waals surface area (Å²) in [5.74, 6) is 0.255. The van der Waals surface area contributed by atoms with Crippen LogP contribution in [0, 0.1) is 5.82 Å². The van der Waals surface area contributed by atoms with E-state index in [1.54, 1.807) is 24.3 Å². The van der Waals surface area contributed by atoms with E-state index in [1.807, 2.05) is 6.07 Å². The van der Waals surface area contributed by atoms with Gasteiger partial charge in [0.2, 0.25) is 0 Å². The molecule has 0 heterocycles. The van der Waals surface area contributed by atoms with Crippen LogP contribution in [0.15, 0.2) is 41.3 Å². The first-order valence-electron chi connectivity index (χ1n) is 5.65. The van der Waals surface area contributed by atoms with Gasteiger partial charge < -0.3 is 5.73 Å². The Bertz CT molecular complexity index is 590. The predicted octanol–water partition coefficient (Wildman–Crippen LogP) is 4.88. The van der Waals surface area contributed by atoms with Crippen LogP contribution >= 0.6 is 35.0 Å². The summed E-state index contributed by atoms with van der Waals surface area (Å²) < 4.78 is 13.8. The molecule has 100 valence electrons. The molecule has 2 rings (SSSR count). The number of thioether (sulfide) groups is 1. The molecule has 0 radical (unpaired) electrons. The van der Waals surface area contributed by atoms with Gasteiger partial charge in [-0.05, 0) is 35.4 Å². The summed E-state index contributed by atoms with van der Waals surface area (Å²) in [5, 5.41) is 1.24. The Morgan fingerprint density at radius 3 is 2.58 bits per heavy atom. The van der Waals surface area contributed by atoms with Crippen LogP contribution in [-0.4, -0.2) is 0 Å². The van der Waals surface area contributed by atoms with Crippen LogP contribution in [0.3, 0.4) is 0 Å². The highest BCUT2D eigenvalue weighted by Gasteiger charge is 2.07. The summed E-state index contributed by atoms with van der Waals surface area (Å²) in [6, 6.07) is 10.3.